The lowest BCUT2D eigenvalue weighted by molar-refractivity contribution is -0.155. The highest BCUT2D eigenvalue weighted by Gasteiger charge is 2.27. The van der Waals surface area contributed by atoms with Crippen LogP contribution in [0.2, 0.25) is 0 Å². The molecule has 0 aliphatic rings. The molecule has 0 aromatic carbocycles. The molecule has 0 aliphatic carbocycles. The Labute approximate surface area is 444 Å². The first-order chi connectivity index (χ1) is 35.2. The molecule has 4 unspecified atom stereocenters. The third-order valence-corrected chi connectivity index (χ3v) is 11.9. The zero-order valence-electron chi connectivity index (χ0n) is 47.1. The van der Waals surface area contributed by atoms with Crippen molar-refractivity contribution in [3.8, 4) is 0 Å². The van der Waals surface area contributed by atoms with Gasteiger partial charge in [0.05, 0.1) is 63.5 Å². The van der Waals surface area contributed by atoms with Gasteiger partial charge in [0.2, 0.25) is 0 Å². The number of carbonyl (C=O) groups excluding carboxylic acids is 7. The van der Waals surface area contributed by atoms with Crippen molar-refractivity contribution in [2.45, 2.75) is 216 Å². The number of aliphatic carboxylic acids is 1. The number of carbonyl (C=O) groups is 8. The standard InChI is InChI=1S/C24H44O6.C21H36O8.C11H20O4/c1-6-9-14-20(7-2)19-30-22(26)15-11-10-12-17-28-21(25)16-13-18-29-23(27)24(4,5)8-3;1-4-17(3)21(25)28-14-8-6-7-11-20(24)29-16-18(22)15-26-12-9-10-13-27-19(23)5-2;1-3-9(2)11(14)15-8-6-4-5-7-10(12)13/h20H,6-19H2,1-5H3;5,17-18,22H,2,4,6-16H2,1,3H3;9H,3-8H2,1-2H3,(H,12,13). The molecule has 0 aliphatic heterocycles. The number of unbranched alkanes of at least 4 members (excludes halogenated alkanes) is 8. The first kappa shape index (κ1) is 73.7. The van der Waals surface area contributed by atoms with Crippen LogP contribution in [0.5, 0.6) is 0 Å². The molecule has 0 aromatic heterocycles. The largest absolute Gasteiger partial charge is 0.481 e. The lowest BCUT2D eigenvalue weighted by atomic mass is 9.91. The van der Waals surface area contributed by atoms with Gasteiger partial charge in [-0.3, -0.25) is 33.6 Å². The van der Waals surface area contributed by atoms with Gasteiger partial charge in [0.1, 0.15) is 12.7 Å². The molecule has 2 N–H and O–H groups in total. The van der Waals surface area contributed by atoms with E-state index in [1.165, 1.54) is 12.8 Å². The van der Waals surface area contributed by atoms with Crippen LogP contribution in [0.25, 0.3) is 0 Å². The molecule has 74 heavy (non-hydrogen) atoms. The van der Waals surface area contributed by atoms with Gasteiger partial charge >= 0.3 is 47.8 Å². The Balaban J connectivity index is -0.00000108. The van der Waals surface area contributed by atoms with Crippen molar-refractivity contribution in [2.24, 2.45) is 23.2 Å². The summed E-state index contributed by atoms with van der Waals surface area (Å²) in [5, 5.41) is 18.1. The summed E-state index contributed by atoms with van der Waals surface area (Å²) in [7, 11) is 0. The summed E-state index contributed by atoms with van der Waals surface area (Å²) in [4.78, 5) is 90.7. The maximum atomic E-state index is 11.8. The molecule has 432 valence electrons. The molecule has 18 nitrogen and oxygen atoms in total. The summed E-state index contributed by atoms with van der Waals surface area (Å²) in [5.74, 6) is -2.23. The fourth-order valence-corrected chi connectivity index (χ4v) is 5.84. The van der Waals surface area contributed by atoms with Gasteiger partial charge in [0.15, 0.2) is 0 Å². The molecule has 0 bridgehead atoms. The Hall–Kier alpha value is -4.58. The van der Waals surface area contributed by atoms with Gasteiger partial charge in [-0.05, 0) is 122 Å². The summed E-state index contributed by atoms with van der Waals surface area (Å²) in [6.07, 6.45) is 16.5. The van der Waals surface area contributed by atoms with Gasteiger partial charge in [0, 0.05) is 38.4 Å². The molecule has 0 saturated carbocycles. The second-order valence-electron chi connectivity index (χ2n) is 19.1. The lowest BCUT2D eigenvalue weighted by Crippen LogP contribution is -2.26. The number of ether oxygens (including phenoxy) is 8. The molecular weight excluding hydrogens is 961 g/mol. The molecule has 0 spiro atoms. The van der Waals surface area contributed by atoms with Crippen LogP contribution in [0.1, 0.15) is 210 Å². The molecule has 4 atom stereocenters. The minimum atomic E-state index is -0.877. The number of hydrogen-bond acceptors (Lipinski definition) is 17. The van der Waals surface area contributed by atoms with Crippen LogP contribution in [-0.4, -0.2) is 124 Å². The molecule has 0 amide bonds. The average Bonchev–Trinajstić information content (AvgIpc) is 3.38. The van der Waals surface area contributed by atoms with Crippen LogP contribution < -0.4 is 0 Å². The molecule has 0 rings (SSSR count). The summed E-state index contributed by atoms with van der Waals surface area (Å²) in [6, 6.07) is 0. The van der Waals surface area contributed by atoms with Crippen LogP contribution in [-0.2, 0) is 76.3 Å². The zero-order chi connectivity index (χ0) is 56.4. The van der Waals surface area contributed by atoms with E-state index in [0.29, 0.717) is 96.9 Å². The van der Waals surface area contributed by atoms with Gasteiger partial charge in [-0.2, -0.15) is 0 Å². The fraction of sp³-hybridized carbons (Fsp3) is 0.821. The number of carboxylic acid groups (broad SMARTS) is 1. The molecule has 18 heteroatoms. The van der Waals surface area contributed by atoms with Crippen LogP contribution in [0.4, 0.5) is 0 Å². The minimum absolute atomic E-state index is 0.0379. The van der Waals surface area contributed by atoms with Gasteiger partial charge in [0.25, 0.3) is 0 Å². The van der Waals surface area contributed by atoms with Crippen LogP contribution >= 0.6 is 0 Å². The maximum Gasteiger partial charge on any atom is 0.330 e. The molecule has 0 aromatic rings. The van der Waals surface area contributed by atoms with E-state index in [9.17, 15) is 43.5 Å². The van der Waals surface area contributed by atoms with Crippen LogP contribution in [0.15, 0.2) is 12.7 Å². The highest BCUT2D eigenvalue weighted by molar-refractivity contribution is 5.81. The first-order valence-corrected chi connectivity index (χ1v) is 27.5. The number of carboxylic acids is 1. The van der Waals surface area contributed by atoms with Crippen molar-refractivity contribution < 1.29 is 86.5 Å². The van der Waals surface area contributed by atoms with Gasteiger partial charge in [-0.15, -0.1) is 0 Å². The average molecular weight is 1060 g/mol. The SMILES string of the molecule is C=CC(=O)OCCCCOCC(O)COC(=O)CCCCCOC(=O)C(C)CC.CCC(C)C(=O)OCCCCCC(=O)O.CCCCC(CC)COC(=O)CCCCCOC(=O)CCCOC(=O)C(C)(C)CC. The van der Waals surface area contributed by atoms with Gasteiger partial charge in [-0.25, -0.2) is 4.79 Å². The van der Waals surface area contributed by atoms with E-state index in [-0.39, 0.29) is 86.7 Å². The predicted molar refractivity (Wildman–Crippen MR) is 282 cm³/mol. The van der Waals surface area contributed by atoms with Crippen molar-refractivity contribution >= 4 is 47.8 Å². The quantitative estimate of drug-likeness (QED) is 0.0249. The first-order valence-electron chi connectivity index (χ1n) is 27.5. The summed E-state index contributed by atoms with van der Waals surface area (Å²) in [5.41, 5.74) is -0.486. The topological polar surface area (TPSA) is 251 Å². The Morgan fingerprint density at radius 1 is 0.500 bits per heavy atom. The molecule has 0 heterocycles. The summed E-state index contributed by atoms with van der Waals surface area (Å²) < 4.78 is 41.0. The Bertz CT molecular complexity index is 1500. The second-order valence-corrected chi connectivity index (χ2v) is 19.1. The Morgan fingerprint density at radius 3 is 1.43 bits per heavy atom. The highest BCUT2D eigenvalue weighted by atomic mass is 16.6. The van der Waals surface area contributed by atoms with Crippen LogP contribution in [0.3, 0.4) is 0 Å². The fourth-order valence-electron chi connectivity index (χ4n) is 5.84. The van der Waals surface area contributed by atoms with Crippen LogP contribution in [0, 0.1) is 23.2 Å². The van der Waals surface area contributed by atoms with Gasteiger partial charge in [-0.1, -0.05) is 74.3 Å². The van der Waals surface area contributed by atoms with Crippen molar-refractivity contribution in [3.05, 3.63) is 12.7 Å². The van der Waals surface area contributed by atoms with E-state index >= 15 is 0 Å². The predicted octanol–water partition coefficient (Wildman–Crippen LogP) is 10.4. The Morgan fingerprint density at radius 2 is 0.946 bits per heavy atom. The summed E-state index contributed by atoms with van der Waals surface area (Å²) in [6.45, 7) is 23.4. The van der Waals surface area contributed by atoms with Crippen molar-refractivity contribution in [2.75, 3.05) is 59.5 Å². The van der Waals surface area contributed by atoms with Crippen molar-refractivity contribution in [1.82, 2.24) is 0 Å². The van der Waals surface area contributed by atoms with Crippen molar-refractivity contribution in [1.29, 1.82) is 0 Å². The van der Waals surface area contributed by atoms with E-state index in [1.54, 1.807) is 0 Å². The maximum absolute atomic E-state index is 11.8. The third kappa shape index (κ3) is 48.4. The van der Waals surface area contributed by atoms with E-state index in [1.807, 2.05) is 48.5 Å². The number of esters is 7. The minimum Gasteiger partial charge on any atom is -0.481 e. The smallest absolute Gasteiger partial charge is 0.330 e. The third-order valence-electron chi connectivity index (χ3n) is 11.9. The molecule has 0 radical (unpaired) electrons. The number of aliphatic hydroxyl groups is 1. The number of aliphatic hydroxyl groups excluding tert-OH is 1. The zero-order valence-corrected chi connectivity index (χ0v) is 47.1. The lowest BCUT2D eigenvalue weighted by Gasteiger charge is -2.20. The monoisotopic (exact) mass is 1060 g/mol. The highest BCUT2D eigenvalue weighted by Crippen LogP contribution is 2.21. The number of hydrogen-bond donors (Lipinski definition) is 2. The van der Waals surface area contributed by atoms with E-state index in [0.717, 1.165) is 70.3 Å². The van der Waals surface area contributed by atoms with E-state index < -0.39 is 23.5 Å². The van der Waals surface area contributed by atoms with E-state index in [2.05, 4.69) is 20.4 Å². The van der Waals surface area contributed by atoms with Crippen molar-refractivity contribution in [3.63, 3.8) is 0 Å². The number of rotatable bonds is 44. The summed E-state index contributed by atoms with van der Waals surface area (Å²) >= 11 is 0. The van der Waals surface area contributed by atoms with Gasteiger partial charge < -0.3 is 48.1 Å². The normalized spacial score (nSPS) is 12.4. The van der Waals surface area contributed by atoms with E-state index in [4.69, 9.17) is 43.0 Å². The Kier molecular flexibility index (Phi) is 50.3. The molecule has 0 fully saturated rings. The molecular formula is C56H100O18. The molecule has 0 saturated heterocycles. The second kappa shape index (κ2) is 50.6.